The van der Waals surface area contributed by atoms with Gasteiger partial charge in [0, 0.05) is 0 Å². The molecule has 0 aromatic carbocycles. The van der Waals surface area contributed by atoms with Crippen LogP contribution in [0, 0.1) is 0 Å². The first-order valence-corrected chi connectivity index (χ1v) is 11.1. The summed E-state index contributed by atoms with van der Waals surface area (Å²) in [5.41, 5.74) is 1.43. The monoisotopic (exact) mass is 427 g/mol. The summed E-state index contributed by atoms with van der Waals surface area (Å²) in [4.78, 5) is 17.3. The fraction of sp³-hybridized carbons (Fsp3) is 0.250. The highest BCUT2D eigenvalue weighted by Gasteiger charge is 2.34. The van der Waals surface area contributed by atoms with Crippen molar-refractivity contribution in [1.82, 2.24) is 14.8 Å². The predicted octanol–water partition coefficient (Wildman–Crippen LogP) is 3.10. The van der Waals surface area contributed by atoms with Crippen LogP contribution in [0.15, 0.2) is 51.7 Å². The van der Waals surface area contributed by atoms with Crippen LogP contribution in [0.5, 0.6) is 0 Å². The van der Waals surface area contributed by atoms with Gasteiger partial charge >= 0.3 is 5.97 Å². The molecule has 0 bridgehead atoms. The number of fused-ring (bicyclic) bond motifs is 1. The van der Waals surface area contributed by atoms with Crippen molar-refractivity contribution in [2.45, 2.75) is 12.5 Å². The van der Waals surface area contributed by atoms with E-state index in [1.165, 1.54) is 19.6 Å². The molecule has 4 aromatic heterocycles. The third kappa shape index (κ3) is 3.00. The van der Waals surface area contributed by atoms with Crippen molar-refractivity contribution < 1.29 is 26.8 Å². The summed E-state index contributed by atoms with van der Waals surface area (Å²) in [7, 11) is -1.87. The SMILES string of the molecule is COC(=O)c1cc(-c2ccco2)nc2c1c(-c1ccco1)nn2[C@@H]1CCS(=O)(=O)C1. The molecule has 1 aliphatic heterocycles. The molecule has 1 saturated heterocycles. The fourth-order valence-electron chi connectivity index (χ4n) is 3.77. The van der Waals surface area contributed by atoms with Gasteiger partial charge in [-0.1, -0.05) is 0 Å². The van der Waals surface area contributed by atoms with Crippen LogP contribution >= 0.6 is 0 Å². The molecular formula is C20H17N3O6S. The van der Waals surface area contributed by atoms with Crippen LogP contribution in [0.3, 0.4) is 0 Å². The molecule has 154 valence electrons. The number of furan rings is 2. The van der Waals surface area contributed by atoms with Crippen LogP contribution in [0.2, 0.25) is 0 Å². The van der Waals surface area contributed by atoms with E-state index < -0.39 is 21.8 Å². The Bertz CT molecular complexity index is 1340. The Morgan fingerprint density at radius 1 is 1.20 bits per heavy atom. The summed E-state index contributed by atoms with van der Waals surface area (Å²) in [6, 6.07) is 8.06. The molecule has 5 heterocycles. The summed E-state index contributed by atoms with van der Waals surface area (Å²) in [6.45, 7) is 0. The first-order valence-electron chi connectivity index (χ1n) is 9.26. The van der Waals surface area contributed by atoms with Gasteiger partial charge in [-0.3, -0.25) is 0 Å². The number of ether oxygens (including phenoxy) is 1. The first-order chi connectivity index (χ1) is 14.5. The second-order valence-electron chi connectivity index (χ2n) is 7.05. The Hall–Kier alpha value is -3.40. The van der Waals surface area contributed by atoms with E-state index in [2.05, 4.69) is 10.1 Å². The van der Waals surface area contributed by atoms with E-state index in [0.29, 0.717) is 40.4 Å². The van der Waals surface area contributed by atoms with Gasteiger partial charge in [0.2, 0.25) is 0 Å². The Kier molecular flexibility index (Phi) is 4.24. The highest BCUT2D eigenvalue weighted by atomic mass is 32.2. The van der Waals surface area contributed by atoms with E-state index in [0.717, 1.165) is 0 Å². The highest BCUT2D eigenvalue weighted by Crippen LogP contribution is 2.36. The molecule has 1 aliphatic rings. The van der Waals surface area contributed by atoms with Crippen LogP contribution in [-0.4, -0.2) is 47.8 Å². The summed E-state index contributed by atoms with van der Waals surface area (Å²) >= 11 is 0. The van der Waals surface area contributed by atoms with Crippen molar-refractivity contribution in [2.24, 2.45) is 0 Å². The van der Waals surface area contributed by atoms with Gasteiger partial charge in [0.15, 0.2) is 27.0 Å². The molecule has 0 saturated carbocycles. The summed E-state index contributed by atoms with van der Waals surface area (Å²) in [5, 5.41) is 5.08. The average molecular weight is 427 g/mol. The van der Waals surface area contributed by atoms with E-state index in [1.807, 2.05) is 0 Å². The molecule has 0 N–H and O–H groups in total. The number of nitrogens with zero attached hydrogens (tertiary/aromatic N) is 3. The van der Waals surface area contributed by atoms with Gasteiger partial charge in [-0.2, -0.15) is 5.10 Å². The molecule has 0 aliphatic carbocycles. The molecule has 5 rings (SSSR count). The van der Waals surface area contributed by atoms with Crippen molar-refractivity contribution in [3.05, 3.63) is 48.4 Å². The smallest absolute Gasteiger partial charge is 0.338 e. The molecule has 10 heteroatoms. The van der Waals surface area contributed by atoms with Gasteiger partial charge in [0.25, 0.3) is 0 Å². The Balaban J connectivity index is 1.83. The van der Waals surface area contributed by atoms with Gasteiger partial charge in [-0.05, 0) is 36.8 Å². The zero-order valence-electron chi connectivity index (χ0n) is 15.9. The average Bonchev–Trinajstić information content (AvgIpc) is 3.51. The number of esters is 1. The van der Waals surface area contributed by atoms with Gasteiger partial charge in [0.05, 0.1) is 48.1 Å². The Morgan fingerprint density at radius 3 is 2.53 bits per heavy atom. The van der Waals surface area contributed by atoms with Crippen molar-refractivity contribution in [3.63, 3.8) is 0 Å². The number of methoxy groups -OCH3 is 1. The van der Waals surface area contributed by atoms with Crippen LogP contribution in [0.1, 0.15) is 22.8 Å². The highest BCUT2D eigenvalue weighted by molar-refractivity contribution is 7.91. The molecule has 0 amide bonds. The number of sulfone groups is 1. The van der Waals surface area contributed by atoms with Gasteiger partial charge in [-0.15, -0.1) is 0 Å². The molecule has 0 spiro atoms. The topological polar surface area (TPSA) is 117 Å². The minimum Gasteiger partial charge on any atom is -0.465 e. The molecule has 9 nitrogen and oxygen atoms in total. The zero-order chi connectivity index (χ0) is 20.9. The Morgan fingerprint density at radius 2 is 1.93 bits per heavy atom. The molecule has 0 radical (unpaired) electrons. The second kappa shape index (κ2) is 6.84. The summed E-state index contributed by atoms with van der Waals surface area (Å²) in [5.74, 6) is 0.380. The number of hydrogen-bond acceptors (Lipinski definition) is 8. The molecule has 4 aromatic rings. The summed E-state index contributed by atoms with van der Waals surface area (Å²) < 4.78 is 41.7. The lowest BCUT2D eigenvalue weighted by Crippen LogP contribution is -2.13. The quantitative estimate of drug-likeness (QED) is 0.456. The normalized spacial score (nSPS) is 18.1. The molecular weight excluding hydrogens is 410 g/mol. The first kappa shape index (κ1) is 18.6. The minimum atomic E-state index is -3.16. The molecule has 1 fully saturated rings. The number of carbonyl (C=O) groups excluding carboxylic acids is 1. The second-order valence-corrected chi connectivity index (χ2v) is 9.28. The fourth-order valence-corrected chi connectivity index (χ4v) is 5.46. The summed E-state index contributed by atoms with van der Waals surface area (Å²) in [6.07, 6.45) is 3.42. The van der Waals surface area contributed by atoms with E-state index in [1.54, 1.807) is 35.0 Å². The number of pyridine rings is 1. The molecule has 0 unspecified atom stereocenters. The largest absolute Gasteiger partial charge is 0.465 e. The standard InChI is InChI=1S/C20H17N3O6S/c1-27-20(24)13-10-14(15-4-2-7-28-15)21-19-17(13)18(16-5-3-8-29-16)22-23(19)12-6-9-30(25,26)11-12/h2-5,7-8,10,12H,6,9,11H2,1H3/t12-/m1/s1. The van der Waals surface area contributed by atoms with Gasteiger partial charge in [0.1, 0.15) is 11.4 Å². The zero-order valence-corrected chi connectivity index (χ0v) is 16.8. The maximum absolute atomic E-state index is 12.7. The van der Waals surface area contributed by atoms with Crippen LogP contribution < -0.4 is 0 Å². The number of rotatable bonds is 4. The third-order valence-corrected chi connectivity index (χ3v) is 6.90. The van der Waals surface area contributed by atoms with E-state index in [4.69, 9.17) is 13.6 Å². The lowest BCUT2D eigenvalue weighted by molar-refractivity contribution is 0.0603. The number of hydrogen-bond donors (Lipinski definition) is 0. The predicted molar refractivity (Wildman–Crippen MR) is 107 cm³/mol. The number of aromatic nitrogens is 3. The lowest BCUT2D eigenvalue weighted by atomic mass is 10.1. The van der Waals surface area contributed by atoms with E-state index in [-0.39, 0.29) is 17.1 Å². The van der Waals surface area contributed by atoms with Crippen molar-refractivity contribution in [3.8, 4) is 22.9 Å². The maximum Gasteiger partial charge on any atom is 0.338 e. The van der Waals surface area contributed by atoms with Crippen molar-refractivity contribution in [2.75, 3.05) is 18.6 Å². The van der Waals surface area contributed by atoms with Crippen LogP contribution in [0.4, 0.5) is 0 Å². The minimum absolute atomic E-state index is 0.0401. The maximum atomic E-state index is 12.7. The van der Waals surface area contributed by atoms with Gasteiger partial charge < -0.3 is 13.6 Å². The van der Waals surface area contributed by atoms with Crippen molar-refractivity contribution >= 4 is 26.8 Å². The Labute approximate surface area is 171 Å². The lowest BCUT2D eigenvalue weighted by Gasteiger charge is -2.10. The molecule has 1 atom stereocenters. The van der Waals surface area contributed by atoms with E-state index >= 15 is 0 Å². The van der Waals surface area contributed by atoms with Crippen molar-refractivity contribution in [1.29, 1.82) is 0 Å². The third-order valence-electron chi connectivity index (χ3n) is 5.15. The van der Waals surface area contributed by atoms with Crippen LogP contribution in [-0.2, 0) is 14.6 Å². The van der Waals surface area contributed by atoms with E-state index in [9.17, 15) is 13.2 Å². The van der Waals surface area contributed by atoms with Gasteiger partial charge in [-0.25, -0.2) is 22.9 Å². The molecule has 30 heavy (non-hydrogen) atoms. The number of carbonyl (C=O) groups is 1. The van der Waals surface area contributed by atoms with Crippen LogP contribution in [0.25, 0.3) is 33.9 Å².